The van der Waals surface area contributed by atoms with Crippen LogP contribution in [0.1, 0.15) is 0 Å². The minimum Gasteiger partial charge on any atom is -0.436 e. The van der Waals surface area contributed by atoms with Crippen LogP contribution in [0.3, 0.4) is 0 Å². The average Bonchev–Trinajstić information content (AvgIpc) is 3.68. The van der Waals surface area contributed by atoms with Gasteiger partial charge in [0.05, 0.1) is 11.0 Å². The van der Waals surface area contributed by atoms with Gasteiger partial charge in [-0.3, -0.25) is 0 Å². The van der Waals surface area contributed by atoms with Crippen molar-refractivity contribution in [3.63, 3.8) is 0 Å². The van der Waals surface area contributed by atoms with Gasteiger partial charge in [-0.1, -0.05) is 164 Å². The Morgan fingerprint density at radius 2 is 0.661 bits per heavy atom. The molecule has 6 heteroatoms. The van der Waals surface area contributed by atoms with Gasteiger partial charge >= 0.3 is 0 Å². The lowest BCUT2D eigenvalue weighted by molar-refractivity contribution is 0.655. The summed E-state index contributed by atoms with van der Waals surface area (Å²) in [5.41, 5.74) is 15.5. The molecule has 0 fully saturated rings. The Bertz CT molecular complexity index is 3310. The number of para-hydroxylation sites is 2. The normalized spacial score (nSPS) is 11.4. The fourth-order valence-electron chi connectivity index (χ4n) is 7.68. The Kier molecular flexibility index (Phi) is 8.37. The second-order valence-corrected chi connectivity index (χ2v) is 14.5. The molecule has 276 valence electrons. The molecule has 8 aromatic carbocycles. The Hall–Kier alpha value is -8.09. The van der Waals surface area contributed by atoms with Crippen LogP contribution in [0.5, 0.6) is 0 Å². The zero-order valence-electron chi connectivity index (χ0n) is 31.7. The summed E-state index contributed by atoms with van der Waals surface area (Å²) in [5.74, 6) is 1.89. The predicted octanol–water partition coefficient (Wildman–Crippen LogP) is 13.4. The fourth-order valence-corrected chi connectivity index (χ4v) is 7.68. The third-order valence-corrected chi connectivity index (χ3v) is 10.8. The van der Waals surface area contributed by atoms with Crippen molar-refractivity contribution < 1.29 is 4.42 Å². The molecular formula is C53H33N5O. The number of hydrogen-bond donors (Lipinski definition) is 0. The number of aromatic nitrogens is 5. The molecular weight excluding hydrogens is 723 g/mol. The van der Waals surface area contributed by atoms with Crippen LogP contribution in [0.4, 0.5) is 0 Å². The summed E-state index contributed by atoms with van der Waals surface area (Å²) in [4.78, 5) is 24.6. The Balaban J connectivity index is 0.897. The first kappa shape index (κ1) is 34.2. The maximum Gasteiger partial charge on any atom is 0.246 e. The Morgan fingerprint density at radius 3 is 1.29 bits per heavy atom. The van der Waals surface area contributed by atoms with Gasteiger partial charge in [-0.2, -0.15) is 0 Å². The Morgan fingerprint density at radius 1 is 0.271 bits per heavy atom. The summed E-state index contributed by atoms with van der Waals surface area (Å²) < 4.78 is 6.10. The first-order valence-electron chi connectivity index (χ1n) is 19.6. The number of rotatable bonds is 7. The van der Waals surface area contributed by atoms with Crippen molar-refractivity contribution in [3.05, 3.63) is 200 Å². The number of hydrogen-bond acceptors (Lipinski definition) is 6. The minimum absolute atomic E-state index is 0.551. The van der Waals surface area contributed by atoms with E-state index < -0.39 is 0 Å². The molecule has 0 atom stereocenters. The number of furan rings is 1. The minimum atomic E-state index is 0.551. The van der Waals surface area contributed by atoms with Crippen molar-refractivity contribution in [3.8, 4) is 78.7 Å². The lowest BCUT2D eigenvalue weighted by atomic mass is 9.96. The van der Waals surface area contributed by atoms with Crippen LogP contribution < -0.4 is 0 Å². The molecule has 0 spiro atoms. The van der Waals surface area contributed by atoms with Crippen LogP contribution in [0.15, 0.2) is 205 Å². The summed E-state index contributed by atoms with van der Waals surface area (Å²) in [6.45, 7) is 0. The van der Waals surface area contributed by atoms with Gasteiger partial charge in [-0.25, -0.2) is 24.9 Å². The lowest BCUT2D eigenvalue weighted by Gasteiger charge is -2.11. The van der Waals surface area contributed by atoms with Crippen LogP contribution in [0.2, 0.25) is 0 Å². The van der Waals surface area contributed by atoms with E-state index in [1.807, 2.05) is 66.7 Å². The first-order chi connectivity index (χ1) is 29.2. The lowest BCUT2D eigenvalue weighted by Crippen LogP contribution is -2.00. The molecule has 6 nitrogen and oxygen atoms in total. The van der Waals surface area contributed by atoms with Crippen molar-refractivity contribution in [2.75, 3.05) is 0 Å². The maximum absolute atomic E-state index is 6.10. The largest absolute Gasteiger partial charge is 0.436 e. The van der Waals surface area contributed by atoms with Gasteiger partial charge in [0.15, 0.2) is 17.5 Å². The molecule has 0 saturated carbocycles. The van der Waals surface area contributed by atoms with E-state index in [4.69, 9.17) is 29.3 Å². The van der Waals surface area contributed by atoms with Crippen molar-refractivity contribution in [2.24, 2.45) is 0 Å². The highest BCUT2D eigenvalue weighted by molar-refractivity contribution is 6.05. The van der Waals surface area contributed by atoms with Gasteiger partial charge in [0, 0.05) is 22.1 Å². The number of fused-ring (bicyclic) bond motifs is 4. The summed E-state index contributed by atoms with van der Waals surface area (Å²) in [5, 5.41) is 0.954. The molecule has 3 heterocycles. The zero-order valence-corrected chi connectivity index (χ0v) is 31.7. The van der Waals surface area contributed by atoms with Gasteiger partial charge in [0.2, 0.25) is 5.71 Å². The monoisotopic (exact) mass is 755 g/mol. The topological polar surface area (TPSA) is 77.6 Å². The van der Waals surface area contributed by atoms with E-state index in [0.717, 1.165) is 83.2 Å². The SMILES string of the molecule is c1ccc(-c2ccc(-c3nc(-c4ccccc4)nc(-c4cccc(-c5ccc(-c6cccc(-c7ccc8oc9nc%10ccccc%10nc9c8c7)c6)cc5)c4)n3)cc2)cc1. The average molecular weight is 756 g/mol. The molecule has 3 aromatic heterocycles. The molecule has 11 rings (SSSR count). The van der Waals surface area contributed by atoms with Gasteiger partial charge < -0.3 is 4.42 Å². The summed E-state index contributed by atoms with van der Waals surface area (Å²) in [6.07, 6.45) is 0. The van der Waals surface area contributed by atoms with Crippen LogP contribution in [0, 0.1) is 0 Å². The van der Waals surface area contributed by atoms with Crippen molar-refractivity contribution >= 4 is 33.2 Å². The van der Waals surface area contributed by atoms with E-state index in [2.05, 4.69) is 133 Å². The third kappa shape index (κ3) is 6.58. The zero-order chi connectivity index (χ0) is 39.1. The number of nitrogens with zero attached hydrogens (tertiary/aromatic N) is 5. The smallest absolute Gasteiger partial charge is 0.246 e. The fraction of sp³-hybridized carbons (Fsp3) is 0. The maximum atomic E-state index is 6.10. The summed E-state index contributed by atoms with van der Waals surface area (Å²) >= 11 is 0. The number of benzene rings is 8. The molecule has 0 saturated heterocycles. The molecule has 0 N–H and O–H groups in total. The summed E-state index contributed by atoms with van der Waals surface area (Å²) in [7, 11) is 0. The van der Waals surface area contributed by atoms with E-state index in [9.17, 15) is 0 Å². The van der Waals surface area contributed by atoms with Gasteiger partial charge in [-0.05, 0) is 80.9 Å². The molecule has 0 aliphatic carbocycles. The quantitative estimate of drug-likeness (QED) is 0.161. The molecule has 0 unspecified atom stereocenters. The van der Waals surface area contributed by atoms with Gasteiger partial charge in [-0.15, -0.1) is 0 Å². The van der Waals surface area contributed by atoms with E-state index in [0.29, 0.717) is 23.2 Å². The third-order valence-electron chi connectivity index (χ3n) is 10.8. The second-order valence-electron chi connectivity index (χ2n) is 14.5. The van der Waals surface area contributed by atoms with Crippen LogP contribution in [0.25, 0.3) is 112 Å². The molecule has 59 heavy (non-hydrogen) atoms. The highest BCUT2D eigenvalue weighted by atomic mass is 16.3. The highest BCUT2D eigenvalue weighted by Gasteiger charge is 2.15. The first-order valence-corrected chi connectivity index (χ1v) is 19.6. The van der Waals surface area contributed by atoms with Gasteiger partial charge in [0.25, 0.3) is 0 Å². The van der Waals surface area contributed by atoms with Crippen molar-refractivity contribution in [1.29, 1.82) is 0 Å². The van der Waals surface area contributed by atoms with E-state index in [1.54, 1.807) is 0 Å². The molecule has 0 radical (unpaired) electrons. The molecule has 11 aromatic rings. The molecule has 0 aliphatic heterocycles. The summed E-state index contributed by atoms with van der Waals surface area (Å²) in [6, 6.07) is 68.8. The van der Waals surface area contributed by atoms with Gasteiger partial charge in [0.1, 0.15) is 11.1 Å². The van der Waals surface area contributed by atoms with Crippen molar-refractivity contribution in [1.82, 2.24) is 24.9 Å². The van der Waals surface area contributed by atoms with E-state index >= 15 is 0 Å². The molecule has 0 bridgehead atoms. The van der Waals surface area contributed by atoms with Crippen LogP contribution in [-0.2, 0) is 0 Å². The van der Waals surface area contributed by atoms with Crippen LogP contribution in [-0.4, -0.2) is 24.9 Å². The molecule has 0 amide bonds. The van der Waals surface area contributed by atoms with Crippen molar-refractivity contribution in [2.45, 2.75) is 0 Å². The van der Waals surface area contributed by atoms with Crippen LogP contribution >= 0.6 is 0 Å². The second kappa shape index (κ2) is 14.4. The standard InChI is InChI=1S/C53H33N5O/c1-3-11-34(12-4-1)35-25-27-39(28-26-35)51-56-50(38-13-5-2-6-14-38)57-52(58-51)44-18-10-16-41(32-44)37-23-21-36(22-24-37)40-15-9-17-42(31-40)43-29-30-48-45(33-43)49-53(59-48)55-47-20-8-7-19-46(47)54-49/h1-33H. The molecule has 0 aliphatic rings. The predicted molar refractivity (Wildman–Crippen MR) is 238 cm³/mol. The highest BCUT2D eigenvalue weighted by Crippen LogP contribution is 2.35. The van der Waals surface area contributed by atoms with E-state index in [1.165, 1.54) is 5.56 Å². The van der Waals surface area contributed by atoms with E-state index in [-0.39, 0.29) is 0 Å². The Labute approximate surface area is 340 Å².